The maximum atomic E-state index is 14.1. The summed E-state index contributed by atoms with van der Waals surface area (Å²) in [7, 11) is 1.73. The number of likely N-dealkylation sites (tertiary alicyclic amines) is 2. The molecule has 3 aromatic rings. The van der Waals surface area contributed by atoms with Crippen LogP contribution in [-0.4, -0.2) is 101 Å². The highest BCUT2D eigenvalue weighted by molar-refractivity contribution is 5.89. The highest BCUT2D eigenvalue weighted by Gasteiger charge is 2.37. The molecule has 212 valence electrons. The summed E-state index contributed by atoms with van der Waals surface area (Å²) in [6.45, 7) is 4.50. The summed E-state index contributed by atoms with van der Waals surface area (Å²) in [6.07, 6.45) is -1.69. The molecule has 3 aliphatic heterocycles. The van der Waals surface area contributed by atoms with Crippen molar-refractivity contribution >= 4 is 34.6 Å². The first kappa shape index (κ1) is 26.4. The number of fused-ring (bicyclic) bond motifs is 1. The maximum Gasteiger partial charge on any atom is 0.296 e. The fraction of sp³-hybridized carbons (Fsp3) is 0.519. The molecule has 0 bridgehead atoms. The highest BCUT2D eigenvalue weighted by atomic mass is 19.3. The van der Waals surface area contributed by atoms with Crippen molar-refractivity contribution in [1.29, 1.82) is 0 Å². The third-order valence-electron chi connectivity index (χ3n) is 7.87. The van der Waals surface area contributed by atoms with E-state index in [0.717, 1.165) is 6.42 Å². The number of halogens is 2. The fourth-order valence-corrected chi connectivity index (χ4v) is 5.70. The minimum absolute atomic E-state index is 0.00655. The number of para-hydroxylation sites is 2. The zero-order chi connectivity index (χ0) is 27.8. The number of hydrogen-bond acceptors (Lipinski definition) is 8. The number of rotatable bonds is 7. The van der Waals surface area contributed by atoms with Crippen LogP contribution in [0.2, 0.25) is 0 Å². The lowest BCUT2D eigenvalue weighted by Crippen LogP contribution is -2.37. The lowest BCUT2D eigenvalue weighted by molar-refractivity contribution is -0.135. The number of nitrogens with one attached hydrogen (secondary N) is 1. The van der Waals surface area contributed by atoms with Gasteiger partial charge in [0.1, 0.15) is 11.6 Å². The first-order valence-electron chi connectivity index (χ1n) is 13.6. The average Bonchev–Trinajstić information content (AvgIpc) is 3.69. The molecule has 1 aromatic carbocycles. The number of carbonyl (C=O) groups is 2. The maximum absolute atomic E-state index is 14.1. The lowest BCUT2D eigenvalue weighted by Gasteiger charge is -2.27. The number of aromatic nitrogens is 4. The molecule has 0 saturated carbocycles. The molecule has 2 atom stereocenters. The molecule has 0 aliphatic carbocycles. The van der Waals surface area contributed by atoms with Gasteiger partial charge in [-0.15, -0.1) is 0 Å². The topological polar surface area (TPSA) is 109 Å². The van der Waals surface area contributed by atoms with Gasteiger partial charge < -0.3 is 24.8 Å². The van der Waals surface area contributed by atoms with Gasteiger partial charge in [-0.05, 0) is 24.5 Å². The zero-order valence-electron chi connectivity index (χ0n) is 22.3. The number of benzene rings is 1. The SMILES string of the molecule is CN1CC(C(=O)N2CC[C@H](CNc3cc(-n4c(C(F)F)nc5ccccc54)nc(N4CCOCC4)n3)C2)CC1=O. The van der Waals surface area contributed by atoms with Gasteiger partial charge in [0.05, 0.1) is 30.2 Å². The Morgan fingerprint density at radius 2 is 1.93 bits per heavy atom. The van der Waals surface area contributed by atoms with E-state index in [1.54, 1.807) is 42.3 Å². The number of amides is 2. The molecule has 3 fully saturated rings. The molecule has 0 spiro atoms. The van der Waals surface area contributed by atoms with Gasteiger partial charge in [-0.2, -0.15) is 9.97 Å². The minimum Gasteiger partial charge on any atom is -0.378 e. The third kappa shape index (κ3) is 5.17. The summed E-state index contributed by atoms with van der Waals surface area (Å²) in [5.41, 5.74) is 1.00. The molecule has 40 heavy (non-hydrogen) atoms. The molecule has 11 nitrogen and oxygen atoms in total. The Labute approximate surface area is 230 Å². The number of nitrogens with zero attached hydrogens (tertiary/aromatic N) is 7. The van der Waals surface area contributed by atoms with Gasteiger partial charge in [-0.3, -0.25) is 14.2 Å². The number of ether oxygens (including phenoxy) is 1. The van der Waals surface area contributed by atoms with Crippen molar-refractivity contribution in [3.63, 3.8) is 0 Å². The van der Waals surface area contributed by atoms with Crippen molar-refractivity contribution in [3.05, 3.63) is 36.2 Å². The Morgan fingerprint density at radius 1 is 1.12 bits per heavy atom. The molecule has 2 amide bonds. The summed E-state index contributed by atoms with van der Waals surface area (Å²) in [4.78, 5) is 43.9. The van der Waals surface area contributed by atoms with E-state index < -0.39 is 6.43 Å². The van der Waals surface area contributed by atoms with Crippen LogP contribution >= 0.6 is 0 Å². The number of alkyl halides is 2. The van der Waals surface area contributed by atoms with E-state index in [-0.39, 0.29) is 35.9 Å². The van der Waals surface area contributed by atoms with Crippen LogP contribution < -0.4 is 10.2 Å². The van der Waals surface area contributed by atoms with Crippen molar-refractivity contribution in [2.45, 2.75) is 19.3 Å². The van der Waals surface area contributed by atoms with Crippen molar-refractivity contribution in [2.24, 2.45) is 11.8 Å². The Balaban J connectivity index is 1.24. The third-order valence-corrected chi connectivity index (χ3v) is 7.87. The first-order valence-corrected chi connectivity index (χ1v) is 13.6. The molecule has 0 radical (unpaired) electrons. The monoisotopic (exact) mass is 554 g/mol. The zero-order valence-corrected chi connectivity index (χ0v) is 22.3. The molecule has 13 heteroatoms. The summed E-state index contributed by atoms with van der Waals surface area (Å²) in [6, 6.07) is 8.66. The van der Waals surface area contributed by atoms with Crippen molar-refractivity contribution in [3.8, 4) is 5.82 Å². The largest absolute Gasteiger partial charge is 0.378 e. The second kappa shape index (κ2) is 11.0. The normalized spacial score (nSPS) is 21.7. The van der Waals surface area contributed by atoms with E-state index in [0.29, 0.717) is 81.1 Å². The van der Waals surface area contributed by atoms with Crippen LogP contribution in [0.15, 0.2) is 30.3 Å². The van der Waals surface area contributed by atoms with E-state index in [1.165, 1.54) is 4.57 Å². The van der Waals surface area contributed by atoms with E-state index in [1.807, 2.05) is 9.80 Å². The molecule has 2 aromatic heterocycles. The Hall–Kier alpha value is -3.87. The Kier molecular flexibility index (Phi) is 7.22. The summed E-state index contributed by atoms with van der Waals surface area (Å²) >= 11 is 0. The van der Waals surface area contributed by atoms with E-state index >= 15 is 0 Å². The van der Waals surface area contributed by atoms with Crippen LogP contribution in [-0.2, 0) is 14.3 Å². The number of morpholine rings is 1. The van der Waals surface area contributed by atoms with Gasteiger partial charge in [0.15, 0.2) is 5.82 Å². The second-order valence-corrected chi connectivity index (χ2v) is 10.6. The Morgan fingerprint density at radius 3 is 2.67 bits per heavy atom. The predicted molar refractivity (Wildman–Crippen MR) is 144 cm³/mol. The van der Waals surface area contributed by atoms with Crippen LogP contribution in [0.4, 0.5) is 20.5 Å². The first-order chi connectivity index (χ1) is 19.4. The molecular weight excluding hydrogens is 522 g/mol. The van der Waals surface area contributed by atoms with Crippen LogP contribution in [0.5, 0.6) is 0 Å². The van der Waals surface area contributed by atoms with Gasteiger partial charge >= 0.3 is 0 Å². The van der Waals surface area contributed by atoms with Crippen LogP contribution in [0.25, 0.3) is 16.9 Å². The van der Waals surface area contributed by atoms with E-state index in [4.69, 9.17) is 9.72 Å². The van der Waals surface area contributed by atoms with Crippen molar-refractivity contribution in [2.75, 3.05) is 69.7 Å². The number of carbonyl (C=O) groups excluding carboxylic acids is 2. The van der Waals surface area contributed by atoms with Crippen LogP contribution in [0.3, 0.4) is 0 Å². The van der Waals surface area contributed by atoms with Gasteiger partial charge in [0, 0.05) is 58.8 Å². The van der Waals surface area contributed by atoms with Gasteiger partial charge in [0.25, 0.3) is 6.43 Å². The van der Waals surface area contributed by atoms with Crippen LogP contribution in [0, 0.1) is 11.8 Å². The smallest absolute Gasteiger partial charge is 0.296 e. The minimum atomic E-state index is -2.79. The molecule has 6 rings (SSSR count). The number of imidazole rings is 1. The van der Waals surface area contributed by atoms with Gasteiger partial charge in [0.2, 0.25) is 17.8 Å². The second-order valence-electron chi connectivity index (χ2n) is 10.6. The summed E-state index contributed by atoms with van der Waals surface area (Å²) in [5, 5.41) is 3.38. The molecular formula is C27H32F2N8O3. The van der Waals surface area contributed by atoms with Crippen LogP contribution in [0.1, 0.15) is 25.1 Å². The quantitative estimate of drug-likeness (QED) is 0.474. The van der Waals surface area contributed by atoms with Crippen molar-refractivity contribution in [1.82, 2.24) is 29.3 Å². The lowest BCUT2D eigenvalue weighted by atomic mass is 10.1. The fourth-order valence-electron chi connectivity index (χ4n) is 5.70. The number of anilines is 2. The molecule has 1 N–H and O–H groups in total. The van der Waals surface area contributed by atoms with E-state index in [9.17, 15) is 18.4 Å². The summed E-state index contributed by atoms with van der Waals surface area (Å²) in [5.74, 6) is 0.823. The van der Waals surface area contributed by atoms with Crippen molar-refractivity contribution < 1.29 is 23.1 Å². The predicted octanol–water partition coefficient (Wildman–Crippen LogP) is 2.33. The molecule has 3 saturated heterocycles. The van der Waals surface area contributed by atoms with E-state index in [2.05, 4.69) is 15.3 Å². The standard InChI is InChI=1S/C27H32F2N8O3/c1-34-16-18(12-23(34)38)26(39)36-7-6-17(15-36)14-30-21-13-22(33-27(32-21)35-8-10-40-11-9-35)37-20-5-3-2-4-19(20)31-25(37)24(28)29/h2-5,13,17-18,24H,6-12,14-16H2,1H3,(H,30,32,33)/t17-,18?/m1/s1. The average molecular weight is 555 g/mol. The summed E-state index contributed by atoms with van der Waals surface area (Å²) < 4.78 is 35.1. The highest BCUT2D eigenvalue weighted by Crippen LogP contribution is 2.30. The Bertz CT molecular complexity index is 1410. The van der Waals surface area contributed by atoms with Gasteiger partial charge in [-0.25, -0.2) is 13.8 Å². The number of hydrogen-bond donors (Lipinski definition) is 1. The molecule has 1 unspecified atom stereocenters. The molecule has 3 aliphatic rings. The van der Waals surface area contributed by atoms with Gasteiger partial charge in [-0.1, -0.05) is 12.1 Å². The molecule has 5 heterocycles.